The van der Waals surface area contributed by atoms with Crippen LogP contribution in [0.15, 0.2) is 78.9 Å². The van der Waals surface area contributed by atoms with Crippen molar-refractivity contribution in [1.29, 1.82) is 0 Å². The fraction of sp³-hybridized carbons (Fsp3) is 0.154. The summed E-state index contributed by atoms with van der Waals surface area (Å²) in [5.74, 6) is 0.327. The molecule has 1 aromatic heterocycles. The molecule has 0 fully saturated rings. The summed E-state index contributed by atoms with van der Waals surface area (Å²) in [5, 5.41) is 8.24. The van der Waals surface area contributed by atoms with Gasteiger partial charge in [0.2, 0.25) is 5.91 Å². The van der Waals surface area contributed by atoms with Crippen molar-refractivity contribution < 1.29 is 13.9 Å². The smallest absolute Gasteiger partial charge is 0.220 e. The second-order valence-electron chi connectivity index (χ2n) is 7.55. The molecule has 0 aliphatic rings. The van der Waals surface area contributed by atoms with Crippen LogP contribution >= 0.6 is 11.6 Å². The average molecular weight is 464 g/mol. The molecular formula is C26H23ClFN3O2. The normalized spacial score (nSPS) is 10.8. The molecule has 0 spiro atoms. The maximum atomic E-state index is 13.9. The Bertz CT molecular complexity index is 1250. The summed E-state index contributed by atoms with van der Waals surface area (Å²) in [5.41, 5.74) is 3.94. The maximum absolute atomic E-state index is 13.9. The minimum absolute atomic E-state index is 0.0821. The third kappa shape index (κ3) is 5.79. The number of aromatic nitrogens is 2. The van der Waals surface area contributed by atoms with Crippen molar-refractivity contribution in [1.82, 2.24) is 15.1 Å². The Hall–Kier alpha value is -3.64. The molecule has 0 unspecified atom stereocenters. The predicted molar refractivity (Wildman–Crippen MR) is 127 cm³/mol. The summed E-state index contributed by atoms with van der Waals surface area (Å²) in [7, 11) is 1.61. The lowest BCUT2D eigenvalue weighted by Gasteiger charge is -2.08. The second-order valence-corrected chi connectivity index (χ2v) is 7.98. The maximum Gasteiger partial charge on any atom is 0.220 e. The molecule has 5 nitrogen and oxygen atoms in total. The number of hydrogen-bond acceptors (Lipinski definition) is 3. The molecule has 7 heteroatoms. The number of nitrogens with zero attached hydrogens (tertiary/aromatic N) is 2. The Morgan fingerprint density at radius 1 is 1.06 bits per heavy atom. The molecule has 3 aromatic carbocycles. The van der Waals surface area contributed by atoms with Crippen molar-refractivity contribution in [3.8, 4) is 22.7 Å². The van der Waals surface area contributed by atoms with Gasteiger partial charge in [0, 0.05) is 30.0 Å². The van der Waals surface area contributed by atoms with Gasteiger partial charge in [0.15, 0.2) is 0 Å². The van der Waals surface area contributed by atoms with Crippen LogP contribution in [0.5, 0.6) is 5.75 Å². The highest BCUT2D eigenvalue weighted by Gasteiger charge is 2.14. The van der Waals surface area contributed by atoms with Gasteiger partial charge in [-0.05, 0) is 60.2 Å². The first-order valence-electron chi connectivity index (χ1n) is 10.5. The molecule has 0 saturated carbocycles. The fourth-order valence-electron chi connectivity index (χ4n) is 3.50. The largest absolute Gasteiger partial charge is 0.497 e. The van der Waals surface area contributed by atoms with Crippen LogP contribution in [-0.2, 0) is 17.8 Å². The number of carbonyl (C=O) groups is 1. The van der Waals surface area contributed by atoms with E-state index in [1.807, 2.05) is 54.6 Å². The number of amides is 1. The number of halogens is 2. The number of methoxy groups -OCH3 is 1. The highest BCUT2D eigenvalue weighted by atomic mass is 35.5. The second kappa shape index (κ2) is 10.3. The Morgan fingerprint density at radius 2 is 1.85 bits per heavy atom. The molecule has 0 radical (unpaired) electrons. The van der Waals surface area contributed by atoms with Gasteiger partial charge in [-0.2, -0.15) is 5.10 Å². The van der Waals surface area contributed by atoms with Gasteiger partial charge in [-0.15, -0.1) is 0 Å². The van der Waals surface area contributed by atoms with Crippen LogP contribution in [0.1, 0.15) is 17.7 Å². The van der Waals surface area contributed by atoms with E-state index in [0.717, 1.165) is 28.4 Å². The van der Waals surface area contributed by atoms with E-state index >= 15 is 0 Å². The van der Waals surface area contributed by atoms with E-state index in [2.05, 4.69) is 5.32 Å². The third-order valence-electron chi connectivity index (χ3n) is 5.18. The van der Waals surface area contributed by atoms with Crippen LogP contribution in [0.4, 0.5) is 4.39 Å². The van der Waals surface area contributed by atoms with Crippen molar-refractivity contribution in [3.63, 3.8) is 0 Å². The summed E-state index contributed by atoms with van der Waals surface area (Å²) in [6.07, 6.45) is 0.732. The Kier molecular flexibility index (Phi) is 7.05. The lowest BCUT2D eigenvalue weighted by atomic mass is 10.1. The summed E-state index contributed by atoms with van der Waals surface area (Å²) in [4.78, 5) is 12.4. The molecule has 168 valence electrons. The SMILES string of the molecule is COc1ccc(-n2nc(CCC(=O)NCc3cccc(Cl)c3)cc2-c2cccc(F)c2)cc1. The molecule has 33 heavy (non-hydrogen) atoms. The van der Waals surface area contributed by atoms with E-state index in [9.17, 15) is 9.18 Å². The molecule has 1 heterocycles. The molecule has 1 amide bonds. The monoisotopic (exact) mass is 463 g/mol. The Labute approximate surface area is 196 Å². The quantitative estimate of drug-likeness (QED) is 0.370. The first-order chi connectivity index (χ1) is 16.0. The number of benzene rings is 3. The molecule has 0 saturated heterocycles. The van der Waals surface area contributed by atoms with Crippen molar-refractivity contribution in [2.45, 2.75) is 19.4 Å². The van der Waals surface area contributed by atoms with Gasteiger partial charge >= 0.3 is 0 Å². The zero-order valence-electron chi connectivity index (χ0n) is 18.1. The lowest BCUT2D eigenvalue weighted by molar-refractivity contribution is -0.121. The number of hydrogen-bond donors (Lipinski definition) is 1. The zero-order chi connectivity index (χ0) is 23.2. The van der Waals surface area contributed by atoms with Gasteiger partial charge in [-0.25, -0.2) is 9.07 Å². The number of aryl methyl sites for hydroxylation is 1. The molecule has 4 aromatic rings. The van der Waals surface area contributed by atoms with Crippen LogP contribution in [-0.4, -0.2) is 22.8 Å². The molecular weight excluding hydrogens is 441 g/mol. The van der Waals surface area contributed by atoms with E-state index < -0.39 is 0 Å². The first-order valence-corrected chi connectivity index (χ1v) is 10.9. The highest BCUT2D eigenvalue weighted by molar-refractivity contribution is 6.30. The summed E-state index contributed by atoms with van der Waals surface area (Å²) >= 11 is 5.99. The van der Waals surface area contributed by atoms with Crippen molar-refractivity contribution in [2.75, 3.05) is 7.11 Å². The average Bonchev–Trinajstić information content (AvgIpc) is 3.26. The van der Waals surface area contributed by atoms with Gasteiger partial charge in [0.1, 0.15) is 11.6 Å². The Balaban J connectivity index is 1.51. The molecule has 0 aliphatic heterocycles. The minimum Gasteiger partial charge on any atom is -0.497 e. The fourth-order valence-corrected chi connectivity index (χ4v) is 3.72. The summed E-state index contributed by atoms with van der Waals surface area (Å²) in [6, 6.07) is 23.1. The summed E-state index contributed by atoms with van der Waals surface area (Å²) in [6.45, 7) is 0.411. The standard InChI is InChI=1S/C26H23ClFN3O2/c1-33-24-11-9-23(10-12-24)31-25(19-5-3-7-21(28)15-19)16-22(30-31)8-13-26(32)29-17-18-4-2-6-20(27)14-18/h2-7,9-12,14-16H,8,13,17H2,1H3,(H,29,32). The zero-order valence-corrected chi connectivity index (χ0v) is 18.8. The third-order valence-corrected chi connectivity index (χ3v) is 5.42. The van der Waals surface area contributed by atoms with E-state index in [4.69, 9.17) is 21.4 Å². The number of rotatable bonds is 8. The van der Waals surface area contributed by atoms with Crippen molar-refractivity contribution in [3.05, 3.63) is 101 Å². The Morgan fingerprint density at radius 3 is 2.58 bits per heavy atom. The molecule has 4 rings (SSSR count). The van der Waals surface area contributed by atoms with Crippen LogP contribution in [0.25, 0.3) is 16.9 Å². The van der Waals surface area contributed by atoms with Crippen LogP contribution < -0.4 is 10.1 Å². The molecule has 0 bridgehead atoms. The topological polar surface area (TPSA) is 56.2 Å². The highest BCUT2D eigenvalue weighted by Crippen LogP contribution is 2.26. The van der Waals surface area contributed by atoms with Crippen LogP contribution in [0, 0.1) is 5.82 Å². The number of ether oxygens (including phenoxy) is 1. The number of carbonyl (C=O) groups excluding carboxylic acids is 1. The van der Waals surface area contributed by atoms with E-state index in [1.165, 1.54) is 12.1 Å². The van der Waals surface area contributed by atoms with Crippen LogP contribution in [0.3, 0.4) is 0 Å². The van der Waals surface area contributed by atoms with Crippen molar-refractivity contribution >= 4 is 17.5 Å². The van der Waals surface area contributed by atoms with E-state index in [1.54, 1.807) is 23.9 Å². The van der Waals surface area contributed by atoms with Gasteiger partial charge in [-0.1, -0.05) is 35.9 Å². The summed E-state index contributed by atoms with van der Waals surface area (Å²) < 4.78 is 20.9. The minimum atomic E-state index is -0.322. The van der Waals surface area contributed by atoms with E-state index in [-0.39, 0.29) is 18.1 Å². The van der Waals surface area contributed by atoms with Crippen molar-refractivity contribution in [2.24, 2.45) is 0 Å². The van der Waals surface area contributed by atoms with Crippen LogP contribution in [0.2, 0.25) is 5.02 Å². The van der Waals surface area contributed by atoms with E-state index in [0.29, 0.717) is 23.6 Å². The molecule has 1 N–H and O–H groups in total. The van der Waals surface area contributed by atoms with Gasteiger partial charge < -0.3 is 10.1 Å². The molecule has 0 atom stereocenters. The lowest BCUT2D eigenvalue weighted by Crippen LogP contribution is -2.23. The van der Waals surface area contributed by atoms with Gasteiger partial charge in [-0.3, -0.25) is 4.79 Å². The predicted octanol–water partition coefficient (Wildman–Crippen LogP) is 5.59. The number of nitrogens with one attached hydrogen (secondary N) is 1. The first kappa shape index (κ1) is 22.6. The van der Waals surface area contributed by atoms with Gasteiger partial charge in [0.25, 0.3) is 0 Å². The molecule has 0 aliphatic carbocycles. The van der Waals surface area contributed by atoms with Gasteiger partial charge in [0.05, 0.1) is 24.2 Å².